The average Bonchev–Trinajstić information content (AvgIpc) is 2.62. The first kappa shape index (κ1) is 13.9. The minimum Gasteiger partial charge on any atom is -0.381 e. The number of amides is 1. The Balaban J connectivity index is 2.23. The number of aromatic nitrogens is 1. The van der Waals surface area contributed by atoms with Crippen LogP contribution < -0.4 is 11.1 Å². The van der Waals surface area contributed by atoms with E-state index in [1.807, 2.05) is 0 Å². The van der Waals surface area contributed by atoms with Gasteiger partial charge in [0, 0.05) is 19.8 Å². The van der Waals surface area contributed by atoms with Gasteiger partial charge in [-0.25, -0.2) is 4.98 Å². The summed E-state index contributed by atoms with van der Waals surface area (Å²) in [5.41, 5.74) is 6.22. The first-order chi connectivity index (χ1) is 8.15. The molecule has 1 rings (SSSR count). The molecule has 0 unspecified atom stereocenters. The number of hydrogen-bond acceptors (Lipinski definition) is 5. The van der Waals surface area contributed by atoms with Crippen LogP contribution in [0.15, 0.2) is 0 Å². The lowest BCUT2D eigenvalue weighted by atomic mass is 10.3. The van der Waals surface area contributed by atoms with Gasteiger partial charge in [0.15, 0.2) is 5.13 Å². The molecule has 0 aliphatic heterocycles. The summed E-state index contributed by atoms with van der Waals surface area (Å²) in [5.74, 6) is -0.104. The monoisotopic (exact) mass is 257 g/mol. The number of nitrogen functional groups attached to an aromatic ring is 1. The van der Waals surface area contributed by atoms with Crippen molar-refractivity contribution >= 4 is 22.4 Å². The van der Waals surface area contributed by atoms with Crippen molar-refractivity contribution in [2.45, 2.75) is 26.7 Å². The summed E-state index contributed by atoms with van der Waals surface area (Å²) in [6, 6.07) is 0. The van der Waals surface area contributed by atoms with Crippen LogP contribution >= 0.6 is 11.3 Å². The minimum absolute atomic E-state index is 0.104. The van der Waals surface area contributed by atoms with E-state index >= 15 is 0 Å². The van der Waals surface area contributed by atoms with Gasteiger partial charge in [-0.3, -0.25) is 4.79 Å². The smallest absolute Gasteiger partial charge is 0.263 e. The van der Waals surface area contributed by atoms with Gasteiger partial charge in [-0.1, -0.05) is 18.3 Å². The Labute approximate surface area is 105 Å². The van der Waals surface area contributed by atoms with E-state index in [4.69, 9.17) is 10.5 Å². The van der Waals surface area contributed by atoms with Crippen LogP contribution in [-0.4, -0.2) is 30.6 Å². The standard InChI is InChI=1S/C11H19N3O2S/c1-3-6-16-7-4-5-13-10(15)9-8(2)14-11(12)17-9/h3-7H2,1-2H3,(H2,12,14)(H,13,15). The van der Waals surface area contributed by atoms with Gasteiger partial charge in [-0.05, 0) is 19.8 Å². The van der Waals surface area contributed by atoms with Gasteiger partial charge in [0.25, 0.3) is 5.91 Å². The third-order valence-corrected chi connectivity index (χ3v) is 3.10. The van der Waals surface area contributed by atoms with Crippen molar-refractivity contribution in [2.75, 3.05) is 25.5 Å². The Hall–Kier alpha value is -1.14. The summed E-state index contributed by atoms with van der Waals surface area (Å²) in [7, 11) is 0. The van der Waals surface area contributed by atoms with Crippen molar-refractivity contribution in [3.63, 3.8) is 0 Å². The number of nitrogens with two attached hydrogens (primary N) is 1. The SMILES string of the molecule is CCCOCCCNC(=O)c1sc(N)nc1C. The second-order valence-electron chi connectivity index (χ2n) is 3.69. The number of nitrogens with zero attached hydrogens (tertiary/aromatic N) is 1. The molecule has 0 saturated heterocycles. The number of rotatable bonds is 7. The lowest BCUT2D eigenvalue weighted by Gasteiger charge is -2.04. The second kappa shape index (κ2) is 7.24. The minimum atomic E-state index is -0.104. The molecule has 0 aliphatic rings. The second-order valence-corrected chi connectivity index (χ2v) is 4.72. The highest BCUT2D eigenvalue weighted by atomic mass is 32.1. The van der Waals surface area contributed by atoms with E-state index in [1.165, 1.54) is 11.3 Å². The van der Waals surface area contributed by atoms with Crippen LogP contribution in [0.5, 0.6) is 0 Å². The lowest BCUT2D eigenvalue weighted by Crippen LogP contribution is -2.25. The van der Waals surface area contributed by atoms with E-state index in [9.17, 15) is 4.79 Å². The fourth-order valence-electron chi connectivity index (χ4n) is 1.33. The summed E-state index contributed by atoms with van der Waals surface area (Å²) in [6.07, 6.45) is 1.84. The highest BCUT2D eigenvalue weighted by Crippen LogP contribution is 2.19. The molecule has 3 N–H and O–H groups in total. The van der Waals surface area contributed by atoms with Gasteiger partial charge < -0.3 is 15.8 Å². The van der Waals surface area contributed by atoms with E-state index in [-0.39, 0.29) is 5.91 Å². The number of carbonyl (C=O) groups is 1. The molecule has 96 valence electrons. The molecule has 1 heterocycles. The molecule has 0 aliphatic carbocycles. The number of thiazole rings is 1. The van der Waals surface area contributed by atoms with Gasteiger partial charge in [0.05, 0.1) is 5.69 Å². The largest absolute Gasteiger partial charge is 0.381 e. The maximum absolute atomic E-state index is 11.7. The number of nitrogens with one attached hydrogen (secondary N) is 1. The van der Waals surface area contributed by atoms with Crippen molar-refractivity contribution in [1.29, 1.82) is 0 Å². The summed E-state index contributed by atoms with van der Waals surface area (Å²) >= 11 is 1.22. The molecule has 1 amide bonds. The Morgan fingerprint density at radius 2 is 2.29 bits per heavy atom. The summed E-state index contributed by atoms with van der Waals surface area (Å²) < 4.78 is 5.32. The maximum Gasteiger partial charge on any atom is 0.263 e. The zero-order chi connectivity index (χ0) is 12.7. The van der Waals surface area contributed by atoms with Gasteiger partial charge in [-0.2, -0.15) is 0 Å². The molecular formula is C11H19N3O2S. The van der Waals surface area contributed by atoms with Crippen LogP contribution in [0, 0.1) is 6.92 Å². The lowest BCUT2D eigenvalue weighted by molar-refractivity contribution is 0.0944. The number of hydrogen-bond donors (Lipinski definition) is 2. The first-order valence-electron chi connectivity index (χ1n) is 5.74. The van der Waals surface area contributed by atoms with Crippen LogP contribution in [0.2, 0.25) is 0 Å². The molecule has 0 aromatic carbocycles. The van der Waals surface area contributed by atoms with Crippen LogP contribution in [0.4, 0.5) is 5.13 Å². The van der Waals surface area contributed by atoms with E-state index in [0.717, 1.165) is 19.4 Å². The van der Waals surface area contributed by atoms with Crippen molar-refractivity contribution in [3.8, 4) is 0 Å². The van der Waals surface area contributed by atoms with E-state index < -0.39 is 0 Å². The zero-order valence-electron chi connectivity index (χ0n) is 10.3. The summed E-state index contributed by atoms with van der Waals surface area (Å²) in [6.45, 7) is 5.92. The average molecular weight is 257 g/mol. The van der Waals surface area contributed by atoms with E-state index in [1.54, 1.807) is 6.92 Å². The Morgan fingerprint density at radius 1 is 1.53 bits per heavy atom. The fraction of sp³-hybridized carbons (Fsp3) is 0.636. The molecule has 0 atom stereocenters. The highest BCUT2D eigenvalue weighted by molar-refractivity contribution is 7.17. The normalized spacial score (nSPS) is 10.5. The molecule has 17 heavy (non-hydrogen) atoms. The Kier molecular flexibility index (Phi) is 5.93. The van der Waals surface area contributed by atoms with Gasteiger partial charge in [0.2, 0.25) is 0 Å². The number of anilines is 1. The Bertz CT molecular complexity index is 366. The molecule has 1 aromatic heterocycles. The van der Waals surface area contributed by atoms with Gasteiger partial charge in [0.1, 0.15) is 4.88 Å². The van der Waals surface area contributed by atoms with Crippen LogP contribution in [0.25, 0.3) is 0 Å². The summed E-state index contributed by atoms with van der Waals surface area (Å²) in [4.78, 5) is 16.3. The molecule has 0 fully saturated rings. The predicted octanol–water partition coefficient (Wildman–Crippen LogP) is 1.58. The van der Waals surface area contributed by atoms with Crippen molar-refractivity contribution in [2.24, 2.45) is 0 Å². The zero-order valence-corrected chi connectivity index (χ0v) is 11.1. The topological polar surface area (TPSA) is 77.2 Å². The molecule has 5 nitrogen and oxygen atoms in total. The van der Waals surface area contributed by atoms with E-state index in [2.05, 4.69) is 17.2 Å². The fourth-order valence-corrected chi connectivity index (χ4v) is 2.08. The number of carbonyl (C=O) groups excluding carboxylic acids is 1. The van der Waals surface area contributed by atoms with Crippen LogP contribution in [0.3, 0.4) is 0 Å². The maximum atomic E-state index is 11.7. The molecule has 0 spiro atoms. The third-order valence-electron chi connectivity index (χ3n) is 2.12. The quantitative estimate of drug-likeness (QED) is 0.727. The third kappa shape index (κ3) is 4.70. The Morgan fingerprint density at radius 3 is 2.88 bits per heavy atom. The molecule has 0 bridgehead atoms. The molecule has 0 radical (unpaired) electrons. The van der Waals surface area contributed by atoms with Crippen LogP contribution in [-0.2, 0) is 4.74 Å². The number of aryl methyl sites for hydroxylation is 1. The summed E-state index contributed by atoms with van der Waals surface area (Å²) in [5, 5.41) is 3.26. The molecule has 6 heteroatoms. The molecular weight excluding hydrogens is 238 g/mol. The predicted molar refractivity (Wildman–Crippen MR) is 69.3 cm³/mol. The van der Waals surface area contributed by atoms with Crippen molar-refractivity contribution in [3.05, 3.63) is 10.6 Å². The van der Waals surface area contributed by atoms with Crippen LogP contribution in [0.1, 0.15) is 35.1 Å². The van der Waals surface area contributed by atoms with Crippen molar-refractivity contribution < 1.29 is 9.53 Å². The number of ether oxygens (including phenoxy) is 1. The van der Waals surface area contributed by atoms with E-state index in [0.29, 0.717) is 28.9 Å². The van der Waals surface area contributed by atoms with Crippen molar-refractivity contribution in [1.82, 2.24) is 10.3 Å². The molecule has 0 saturated carbocycles. The van der Waals surface area contributed by atoms with Gasteiger partial charge in [-0.15, -0.1) is 0 Å². The highest BCUT2D eigenvalue weighted by Gasteiger charge is 2.13. The molecule has 1 aromatic rings. The first-order valence-corrected chi connectivity index (χ1v) is 6.55. The van der Waals surface area contributed by atoms with Gasteiger partial charge >= 0.3 is 0 Å².